The van der Waals surface area contributed by atoms with Crippen molar-refractivity contribution in [2.45, 2.75) is 11.8 Å². The first-order valence-electron chi connectivity index (χ1n) is 6.29. The maximum Gasteiger partial charge on any atom is 0.339 e. The summed E-state index contributed by atoms with van der Waals surface area (Å²) in [6.07, 6.45) is 0. The zero-order valence-electron chi connectivity index (χ0n) is 11.4. The number of ether oxygens (including phenoxy) is 1. The van der Waals surface area contributed by atoms with Crippen molar-refractivity contribution in [1.82, 2.24) is 0 Å². The highest BCUT2D eigenvalue weighted by Gasteiger charge is 2.18. The fourth-order valence-electron chi connectivity index (χ4n) is 1.64. The van der Waals surface area contributed by atoms with E-state index in [9.17, 15) is 13.2 Å². The van der Waals surface area contributed by atoms with Gasteiger partial charge in [-0.25, -0.2) is 4.79 Å². The molecule has 2 aromatic rings. The van der Waals surface area contributed by atoms with E-state index in [-0.39, 0.29) is 22.8 Å². The van der Waals surface area contributed by atoms with Crippen LogP contribution < -0.4 is 4.18 Å². The molecule has 21 heavy (non-hydrogen) atoms. The molecule has 0 saturated carbocycles. The molecule has 5 nitrogen and oxygen atoms in total. The fourth-order valence-corrected chi connectivity index (χ4v) is 2.62. The average Bonchev–Trinajstić information content (AvgIpc) is 2.48. The smallest absolute Gasteiger partial charge is 0.339 e. The van der Waals surface area contributed by atoms with Gasteiger partial charge < -0.3 is 8.92 Å². The van der Waals surface area contributed by atoms with Gasteiger partial charge in [0.05, 0.1) is 12.2 Å². The number of para-hydroxylation sites is 1. The molecule has 0 aliphatic heterocycles. The third-order valence-corrected chi connectivity index (χ3v) is 3.83. The van der Waals surface area contributed by atoms with Crippen molar-refractivity contribution in [3.05, 3.63) is 60.2 Å². The molecule has 110 valence electrons. The summed E-state index contributed by atoms with van der Waals surface area (Å²) < 4.78 is 34.2. The van der Waals surface area contributed by atoms with E-state index in [1.54, 1.807) is 25.1 Å². The second-order valence-corrected chi connectivity index (χ2v) is 5.65. The molecule has 2 rings (SSSR count). The normalized spacial score (nSPS) is 10.9. The minimum Gasteiger partial charge on any atom is -0.462 e. The lowest BCUT2D eigenvalue weighted by Crippen LogP contribution is -2.11. The van der Waals surface area contributed by atoms with Crippen LogP contribution in [0.4, 0.5) is 0 Å². The van der Waals surface area contributed by atoms with Crippen LogP contribution in [0.1, 0.15) is 17.3 Å². The Morgan fingerprint density at radius 2 is 1.76 bits per heavy atom. The molecular formula is C15H14O5S. The number of carbonyl (C=O) groups excluding carboxylic acids is 1. The van der Waals surface area contributed by atoms with Crippen LogP contribution in [-0.2, 0) is 14.9 Å². The van der Waals surface area contributed by atoms with Crippen molar-refractivity contribution in [2.75, 3.05) is 6.61 Å². The van der Waals surface area contributed by atoms with E-state index in [0.717, 1.165) is 0 Å². The van der Waals surface area contributed by atoms with Gasteiger partial charge in [0.25, 0.3) is 0 Å². The summed E-state index contributed by atoms with van der Waals surface area (Å²) in [5.41, 5.74) is 0.162. The van der Waals surface area contributed by atoms with E-state index < -0.39 is 16.1 Å². The monoisotopic (exact) mass is 306 g/mol. The molecule has 0 amide bonds. The second kappa shape index (κ2) is 6.41. The lowest BCUT2D eigenvalue weighted by atomic mass is 10.2. The molecular weight excluding hydrogens is 292 g/mol. The SMILES string of the molecule is CCOC(=O)c1cccc(S(=O)(=O)Oc2ccccc2)c1. The molecule has 0 N–H and O–H groups in total. The molecule has 0 saturated heterocycles. The molecule has 0 aliphatic carbocycles. The first kappa shape index (κ1) is 15.1. The standard InChI is InChI=1S/C15H14O5S/c1-2-19-15(16)12-7-6-10-14(11-12)21(17,18)20-13-8-4-3-5-9-13/h3-11H,2H2,1H3. The van der Waals surface area contributed by atoms with E-state index >= 15 is 0 Å². The Balaban J connectivity index is 2.28. The van der Waals surface area contributed by atoms with Crippen LogP contribution in [0.25, 0.3) is 0 Å². The number of hydrogen-bond donors (Lipinski definition) is 0. The average molecular weight is 306 g/mol. The third kappa shape index (κ3) is 3.82. The first-order valence-corrected chi connectivity index (χ1v) is 7.70. The van der Waals surface area contributed by atoms with E-state index in [1.165, 1.54) is 36.4 Å². The van der Waals surface area contributed by atoms with E-state index in [4.69, 9.17) is 8.92 Å². The number of benzene rings is 2. The molecule has 0 radical (unpaired) electrons. The molecule has 0 aliphatic rings. The molecule has 0 bridgehead atoms. The summed E-state index contributed by atoms with van der Waals surface area (Å²) in [5.74, 6) is -0.367. The lowest BCUT2D eigenvalue weighted by Gasteiger charge is -2.08. The zero-order chi connectivity index (χ0) is 15.3. The molecule has 2 aromatic carbocycles. The Bertz CT molecular complexity index is 723. The van der Waals surface area contributed by atoms with Crippen LogP contribution in [0, 0.1) is 0 Å². The predicted octanol–water partition coefficient (Wildman–Crippen LogP) is 2.63. The molecule has 0 spiro atoms. The first-order chi connectivity index (χ1) is 10.0. The summed E-state index contributed by atoms with van der Waals surface area (Å²) in [4.78, 5) is 11.5. The van der Waals surface area contributed by atoms with Crippen molar-refractivity contribution < 1.29 is 22.1 Å². The Kier molecular flexibility index (Phi) is 4.59. The van der Waals surface area contributed by atoms with Gasteiger partial charge >= 0.3 is 16.1 Å². The van der Waals surface area contributed by atoms with Crippen molar-refractivity contribution in [3.8, 4) is 5.75 Å². The zero-order valence-corrected chi connectivity index (χ0v) is 12.2. The van der Waals surface area contributed by atoms with Gasteiger partial charge in [-0.1, -0.05) is 24.3 Å². The number of esters is 1. The van der Waals surface area contributed by atoms with E-state index in [2.05, 4.69) is 0 Å². The maximum absolute atomic E-state index is 12.2. The Morgan fingerprint density at radius 3 is 2.43 bits per heavy atom. The number of hydrogen-bond acceptors (Lipinski definition) is 5. The quantitative estimate of drug-likeness (QED) is 0.627. The van der Waals surface area contributed by atoms with Crippen LogP contribution in [0.5, 0.6) is 5.75 Å². The van der Waals surface area contributed by atoms with Crippen molar-refractivity contribution in [2.24, 2.45) is 0 Å². The molecule has 6 heteroatoms. The Labute approximate surface area is 123 Å². The van der Waals surface area contributed by atoms with E-state index in [1.807, 2.05) is 0 Å². The van der Waals surface area contributed by atoms with Crippen molar-refractivity contribution in [1.29, 1.82) is 0 Å². The highest BCUT2D eigenvalue weighted by atomic mass is 32.2. The van der Waals surface area contributed by atoms with Gasteiger partial charge in [0.15, 0.2) is 0 Å². The maximum atomic E-state index is 12.2. The molecule has 0 aromatic heterocycles. The summed E-state index contributed by atoms with van der Waals surface area (Å²) in [5, 5.41) is 0. The predicted molar refractivity (Wildman–Crippen MR) is 76.7 cm³/mol. The molecule has 0 heterocycles. The van der Waals surface area contributed by atoms with Crippen LogP contribution in [-0.4, -0.2) is 21.0 Å². The Morgan fingerprint density at radius 1 is 1.05 bits per heavy atom. The van der Waals surface area contributed by atoms with Gasteiger partial charge in [-0.05, 0) is 37.3 Å². The summed E-state index contributed by atoms with van der Waals surface area (Å²) in [6.45, 7) is 1.90. The number of carbonyl (C=O) groups is 1. The topological polar surface area (TPSA) is 69.7 Å². The third-order valence-electron chi connectivity index (χ3n) is 2.58. The summed E-state index contributed by atoms with van der Waals surface area (Å²) >= 11 is 0. The van der Waals surface area contributed by atoms with Gasteiger partial charge in [-0.15, -0.1) is 0 Å². The van der Waals surface area contributed by atoms with Crippen LogP contribution in [0.2, 0.25) is 0 Å². The summed E-state index contributed by atoms with van der Waals surface area (Å²) in [7, 11) is -3.99. The largest absolute Gasteiger partial charge is 0.462 e. The van der Waals surface area contributed by atoms with Gasteiger partial charge in [-0.3, -0.25) is 0 Å². The van der Waals surface area contributed by atoms with Gasteiger partial charge in [0.2, 0.25) is 0 Å². The van der Waals surface area contributed by atoms with Crippen LogP contribution >= 0.6 is 0 Å². The molecule has 0 unspecified atom stereocenters. The molecule has 0 atom stereocenters. The van der Waals surface area contributed by atoms with Crippen LogP contribution in [0.3, 0.4) is 0 Å². The lowest BCUT2D eigenvalue weighted by molar-refractivity contribution is 0.0526. The van der Waals surface area contributed by atoms with Crippen molar-refractivity contribution in [3.63, 3.8) is 0 Å². The number of rotatable bonds is 5. The van der Waals surface area contributed by atoms with Gasteiger partial charge in [-0.2, -0.15) is 8.42 Å². The highest BCUT2D eigenvalue weighted by Crippen LogP contribution is 2.19. The second-order valence-electron chi connectivity index (χ2n) is 4.10. The molecule has 0 fully saturated rings. The highest BCUT2D eigenvalue weighted by molar-refractivity contribution is 7.87. The van der Waals surface area contributed by atoms with Crippen molar-refractivity contribution >= 4 is 16.1 Å². The Hall–Kier alpha value is -2.34. The van der Waals surface area contributed by atoms with Crippen LogP contribution in [0.15, 0.2) is 59.5 Å². The fraction of sp³-hybridized carbons (Fsp3) is 0.133. The van der Waals surface area contributed by atoms with Gasteiger partial charge in [0, 0.05) is 0 Å². The minimum absolute atomic E-state index is 0.100. The summed E-state index contributed by atoms with van der Waals surface area (Å²) in [6, 6.07) is 13.7. The van der Waals surface area contributed by atoms with E-state index in [0.29, 0.717) is 0 Å². The van der Waals surface area contributed by atoms with Gasteiger partial charge in [0.1, 0.15) is 10.6 Å². The minimum atomic E-state index is -3.99.